The van der Waals surface area contributed by atoms with E-state index < -0.39 is 72.6 Å². The number of hydrogen-bond donors (Lipinski definition) is 4. The van der Waals surface area contributed by atoms with Gasteiger partial charge in [-0.15, -0.1) is 0 Å². The van der Waals surface area contributed by atoms with Crippen LogP contribution in [0.15, 0.2) is 85.1 Å². The van der Waals surface area contributed by atoms with Crippen molar-refractivity contribution < 1.29 is 37.7 Å². The third kappa shape index (κ3) is 12.1. The predicted molar refractivity (Wildman–Crippen MR) is 230 cm³/mol. The molecule has 0 unspecified atom stereocenters. The number of ether oxygens (including phenoxy) is 2. The Morgan fingerprint density at radius 3 is 2.25 bits per heavy atom. The minimum Gasteiger partial charge on any atom is -0.490 e. The Labute approximate surface area is 348 Å². The van der Waals surface area contributed by atoms with Crippen LogP contribution in [0.5, 0.6) is 5.75 Å². The Bertz CT molecular complexity index is 2050. The number of benzene rings is 3. The van der Waals surface area contributed by atoms with Crippen molar-refractivity contribution in [2.45, 2.75) is 102 Å². The average Bonchev–Trinajstić information content (AvgIpc) is 3.15. The number of alkyl carbamates (subject to hydrolysis) is 1. The highest BCUT2D eigenvalue weighted by Crippen LogP contribution is 2.45. The summed E-state index contributed by atoms with van der Waals surface area (Å²) < 4.78 is 41.3. The van der Waals surface area contributed by atoms with Gasteiger partial charge in [-0.2, -0.15) is 0 Å². The van der Waals surface area contributed by atoms with Gasteiger partial charge < -0.3 is 34.9 Å². The summed E-state index contributed by atoms with van der Waals surface area (Å²) in [6.07, 6.45) is 0.930. The number of halogens is 2. The topological polar surface area (TPSA) is 133 Å². The lowest BCUT2D eigenvalue weighted by Gasteiger charge is -2.41. The zero-order valence-electron chi connectivity index (χ0n) is 35.7. The molecule has 0 saturated heterocycles. The van der Waals surface area contributed by atoms with Gasteiger partial charge in [-0.05, 0) is 124 Å². The molecule has 1 aliphatic heterocycles. The molecule has 59 heavy (non-hydrogen) atoms. The van der Waals surface area contributed by atoms with Gasteiger partial charge in [0.25, 0.3) is 0 Å². The van der Waals surface area contributed by atoms with Gasteiger partial charge in [0.05, 0.1) is 6.04 Å². The van der Waals surface area contributed by atoms with Crippen molar-refractivity contribution in [1.82, 2.24) is 15.6 Å². The summed E-state index contributed by atoms with van der Waals surface area (Å²) in [4.78, 5) is 46.4. The van der Waals surface area contributed by atoms with E-state index in [9.17, 15) is 23.9 Å². The first kappa shape index (κ1) is 45.2. The maximum absolute atomic E-state index is 15.4. The minimum absolute atomic E-state index is 0.000786. The molecule has 318 valence electrons. The van der Waals surface area contributed by atoms with E-state index in [1.165, 1.54) is 24.3 Å². The number of pyridine rings is 1. The minimum atomic E-state index is -2.87. The Balaban J connectivity index is 1.55. The zero-order chi connectivity index (χ0) is 43.3. The molecule has 0 aliphatic carbocycles. The van der Waals surface area contributed by atoms with E-state index >= 15 is 4.39 Å². The molecule has 5 rings (SSSR count). The lowest BCUT2D eigenvalue weighted by Crippen LogP contribution is -2.49. The first-order valence-electron chi connectivity index (χ1n) is 20.2. The van der Waals surface area contributed by atoms with Crippen LogP contribution in [0.4, 0.5) is 19.4 Å². The number of nitrogens with zero attached hydrogens (tertiary/aromatic N) is 2. The van der Waals surface area contributed by atoms with Gasteiger partial charge in [-0.3, -0.25) is 4.79 Å². The third-order valence-electron chi connectivity index (χ3n) is 11.4. The van der Waals surface area contributed by atoms with Crippen LogP contribution in [0.1, 0.15) is 70.2 Å². The van der Waals surface area contributed by atoms with E-state index in [1.807, 2.05) is 88.5 Å². The summed E-state index contributed by atoms with van der Waals surface area (Å²) in [5.74, 6) is -1.65. The van der Waals surface area contributed by atoms with Crippen LogP contribution >= 0.6 is 0 Å². The highest BCUT2D eigenvalue weighted by Gasteiger charge is 2.43. The summed E-state index contributed by atoms with van der Waals surface area (Å²) >= 11 is 0. The molecule has 0 saturated carbocycles. The number of fused-ring (bicyclic) bond motifs is 1. The molecular weight excluding hydrogens is 771 g/mol. The Morgan fingerprint density at radius 1 is 0.966 bits per heavy atom. The van der Waals surface area contributed by atoms with Gasteiger partial charge in [0.1, 0.15) is 41.5 Å². The number of rotatable bonds is 15. The molecular formula is C46H60F2N4O6Si. The molecule has 10 nitrogen and oxygen atoms in total. The van der Waals surface area contributed by atoms with E-state index in [2.05, 4.69) is 15.6 Å². The fraction of sp³-hybridized carbons (Fsp3) is 0.457. The molecule has 2 heterocycles. The van der Waals surface area contributed by atoms with E-state index in [1.54, 1.807) is 39.0 Å². The molecule has 2 amide bonds. The summed E-state index contributed by atoms with van der Waals surface area (Å²) in [7, 11) is 1.00. The largest absolute Gasteiger partial charge is 0.490 e. The fourth-order valence-corrected chi connectivity index (χ4v) is 8.16. The standard InChI is InChI=1S/C46H60F2N4O6Si/c1-45(2,3)58-44(55)50-38(22-29-14-16-30(17-15-29)32-18-21-41(49-27-32)52(6)7)34(26-46(4,5)59(8,9)56)24-33(23-31-12-10-11-13-37(31)48)43(54)51-42-36-25-35(47)19-20-40(36)57-28-39(42)53/h10-21,25,27,33-34,38-39,42,53,56H,22-24,26,28H2,1-9H3,(H,50,55)(H,51,54)/t33-,34-,38+,39-,42+/m1/s1. The molecule has 0 bridgehead atoms. The number of nitrogens with one attached hydrogen (secondary N) is 2. The second-order valence-corrected chi connectivity index (χ2v) is 22.6. The predicted octanol–water partition coefficient (Wildman–Crippen LogP) is 8.37. The number of amides is 2. The maximum Gasteiger partial charge on any atom is 0.407 e. The Morgan fingerprint density at radius 2 is 1.64 bits per heavy atom. The molecule has 13 heteroatoms. The van der Waals surface area contributed by atoms with E-state index in [4.69, 9.17) is 9.47 Å². The van der Waals surface area contributed by atoms with Gasteiger partial charge in [-0.1, -0.05) is 56.3 Å². The van der Waals surface area contributed by atoms with Crippen LogP contribution in [0.2, 0.25) is 18.1 Å². The lowest BCUT2D eigenvalue weighted by molar-refractivity contribution is -0.127. The molecule has 4 aromatic rings. The zero-order valence-corrected chi connectivity index (χ0v) is 36.7. The van der Waals surface area contributed by atoms with Crippen LogP contribution in [0.25, 0.3) is 11.1 Å². The first-order chi connectivity index (χ1) is 27.6. The number of aliphatic hydroxyl groups excluding tert-OH is 1. The van der Waals surface area contributed by atoms with Gasteiger partial charge in [0.2, 0.25) is 5.91 Å². The molecule has 4 N–H and O–H groups in total. The average molecular weight is 831 g/mol. The van der Waals surface area contributed by atoms with Gasteiger partial charge >= 0.3 is 6.09 Å². The molecule has 3 aromatic carbocycles. The quantitative estimate of drug-likeness (QED) is 0.0880. The van der Waals surface area contributed by atoms with E-state index in [0.29, 0.717) is 29.7 Å². The highest BCUT2D eigenvalue weighted by atomic mass is 28.4. The molecule has 0 radical (unpaired) electrons. The number of aliphatic hydroxyl groups is 1. The highest BCUT2D eigenvalue weighted by molar-refractivity contribution is 6.72. The summed E-state index contributed by atoms with van der Waals surface area (Å²) in [5.41, 5.74) is 2.64. The second kappa shape index (κ2) is 18.6. The number of carbonyl (C=O) groups excluding carboxylic acids is 2. The first-order valence-corrected chi connectivity index (χ1v) is 23.1. The second-order valence-electron chi connectivity index (χ2n) is 18.1. The fourth-order valence-electron chi connectivity index (χ4n) is 7.39. The smallest absolute Gasteiger partial charge is 0.407 e. The van der Waals surface area contributed by atoms with Crippen molar-refractivity contribution in [2.75, 3.05) is 25.6 Å². The van der Waals surface area contributed by atoms with Gasteiger partial charge in [0, 0.05) is 43.4 Å². The Hall–Kier alpha value is -4.85. The molecule has 1 aromatic heterocycles. The van der Waals surface area contributed by atoms with Crippen molar-refractivity contribution in [3.63, 3.8) is 0 Å². The monoisotopic (exact) mass is 830 g/mol. The normalized spacial score (nSPS) is 17.2. The number of aromatic nitrogens is 1. The molecule has 0 spiro atoms. The van der Waals surface area contributed by atoms with Crippen LogP contribution in [0, 0.1) is 23.5 Å². The van der Waals surface area contributed by atoms with E-state index in [-0.39, 0.29) is 19.4 Å². The van der Waals surface area contributed by atoms with Crippen molar-refractivity contribution in [2.24, 2.45) is 11.8 Å². The van der Waals surface area contributed by atoms with Crippen LogP contribution in [-0.4, -0.2) is 73.7 Å². The van der Waals surface area contributed by atoms with Crippen LogP contribution in [0.3, 0.4) is 0 Å². The van der Waals surface area contributed by atoms with Crippen molar-refractivity contribution in [1.29, 1.82) is 0 Å². The van der Waals surface area contributed by atoms with Crippen molar-refractivity contribution in [3.8, 4) is 16.9 Å². The third-order valence-corrected chi connectivity index (χ3v) is 14.9. The molecule has 0 fully saturated rings. The number of hydrogen-bond acceptors (Lipinski definition) is 8. The maximum atomic E-state index is 15.4. The summed E-state index contributed by atoms with van der Waals surface area (Å²) in [5, 5.41) is 16.6. The van der Waals surface area contributed by atoms with Gasteiger partial charge in [-0.25, -0.2) is 18.6 Å². The number of anilines is 1. The van der Waals surface area contributed by atoms with Crippen molar-refractivity contribution in [3.05, 3.63) is 113 Å². The molecule has 5 atom stereocenters. The SMILES string of the molecule is CN(C)c1ccc(-c2ccc(C[C@H](NC(=O)OC(C)(C)C)[C@H](C[C@@H](Cc3ccccc3F)C(=O)N[C@H]3c4cc(F)ccc4OC[C@H]3O)CC(C)(C)[Si](C)(C)O)cc2)cn1. The van der Waals surface area contributed by atoms with Crippen LogP contribution < -0.4 is 20.3 Å². The lowest BCUT2D eigenvalue weighted by atomic mass is 9.78. The number of carbonyl (C=O) groups is 2. The van der Waals surface area contributed by atoms with Gasteiger partial charge in [0.15, 0.2) is 8.32 Å². The van der Waals surface area contributed by atoms with Crippen molar-refractivity contribution >= 4 is 26.1 Å². The van der Waals surface area contributed by atoms with E-state index in [0.717, 1.165) is 22.5 Å². The summed E-state index contributed by atoms with van der Waals surface area (Å²) in [6.45, 7) is 13.0. The molecule has 1 aliphatic rings. The Kier molecular flexibility index (Phi) is 14.3. The van der Waals surface area contributed by atoms with Crippen LogP contribution in [-0.2, 0) is 22.4 Å². The summed E-state index contributed by atoms with van der Waals surface area (Å²) in [6, 6.07) is 20.6.